The molecule has 0 bridgehead atoms. The molecule has 1 N–H and O–H groups in total. The molecule has 0 amide bonds. The van der Waals surface area contributed by atoms with Crippen LogP contribution < -0.4 is 4.74 Å². The van der Waals surface area contributed by atoms with Gasteiger partial charge < -0.3 is 9.84 Å². The first kappa shape index (κ1) is 15.4. The second-order valence-corrected chi connectivity index (χ2v) is 5.96. The summed E-state index contributed by atoms with van der Waals surface area (Å²) >= 11 is 0. The summed E-state index contributed by atoms with van der Waals surface area (Å²) < 4.78 is 5.23. The number of fused-ring (bicyclic) bond motifs is 1. The van der Waals surface area contributed by atoms with E-state index in [2.05, 4.69) is 6.07 Å². The van der Waals surface area contributed by atoms with Crippen molar-refractivity contribution in [2.45, 2.75) is 33.1 Å². The normalized spacial score (nSPS) is 13.1. The lowest BCUT2D eigenvalue weighted by atomic mass is 9.73. The van der Waals surface area contributed by atoms with Gasteiger partial charge in [-0.2, -0.15) is 0 Å². The molecule has 3 heteroatoms. The minimum Gasteiger partial charge on any atom is -0.497 e. The molecule has 112 valence electrons. The fraction of sp³-hybridized carbons (Fsp3) is 0.389. The predicted molar refractivity (Wildman–Crippen MR) is 84.9 cm³/mol. The first-order valence-corrected chi connectivity index (χ1v) is 7.21. The number of ether oxygens (including phenoxy) is 1. The van der Waals surface area contributed by atoms with E-state index >= 15 is 0 Å². The van der Waals surface area contributed by atoms with Gasteiger partial charge in [0.1, 0.15) is 5.75 Å². The van der Waals surface area contributed by atoms with E-state index in [9.17, 15) is 9.90 Å². The van der Waals surface area contributed by atoms with Crippen molar-refractivity contribution < 1.29 is 14.6 Å². The highest BCUT2D eigenvalue weighted by Gasteiger charge is 2.36. The Kier molecular flexibility index (Phi) is 4.21. The van der Waals surface area contributed by atoms with Gasteiger partial charge in [-0.1, -0.05) is 31.2 Å². The summed E-state index contributed by atoms with van der Waals surface area (Å²) in [5.41, 5.74) is 0.289. The second kappa shape index (κ2) is 5.76. The summed E-state index contributed by atoms with van der Waals surface area (Å²) in [6.45, 7) is 5.62. The lowest BCUT2D eigenvalue weighted by Gasteiger charge is -2.30. The molecule has 0 radical (unpaired) electrons. The van der Waals surface area contributed by atoms with Crippen molar-refractivity contribution in [2.24, 2.45) is 5.41 Å². The Hall–Kier alpha value is -2.03. The number of benzene rings is 2. The fourth-order valence-corrected chi connectivity index (χ4v) is 2.90. The van der Waals surface area contributed by atoms with Crippen LogP contribution in [-0.4, -0.2) is 18.2 Å². The van der Waals surface area contributed by atoms with Crippen molar-refractivity contribution in [2.75, 3.05) is 7.11 Å². The first-order valence-electron chi connectivity index (χ1n) is 7.21. The van der Waals surface area contributed by atoms with Crippen LogP contribution in [0.2, 0.25) is 0 Å². The minimum atomic E-state index is -0.783. The van der Waals surface area contributed by atoms with E-state index in [1.54, 1.807) is 21.0 Å². The Morgan fingerprint density at radius 1 is 1.19 bits per heavy atom. The summed E-state index contributed by atoms with van der Waals surface area (Å²) in [6, 6.07) is 12.1. The van der Waals surface area contributed by atoms with Crippen LogP contribution in [0.25, 0.3) is 10.8 Å². The van der Waals surface area contributed by atoms with Crippen LogP contribution in [0.1, 0.15) is 38.7 Å². The van der Waals surface area contributed by atoms with Crippen molar-refractivity contribution in [1.29, 1.82) is 0 Å². The molecular formula is C18H22O3. The van der Waals surface area contributed by atoms with Crippen molar-refractivity contribution in [3.8, 4) is 5.75 Å². The van der Waals surface area contributed by atoms with Crippen molar-refractivity contribution in [3.63, 3.8) is 0 Å². The maximum Gasteiger partial charge on any atom is 0.309 e. The predicted octanol–water partition coefficient (Wildman–Crippen LogP) is 4.45. The van der Waals surface area contributed by atoms with Crippen LogP contribution in [0.5, 0.6) is 5.75 Å². The zero-order valence-corrected chi connectivity index (χ0v) is 13.0. The Morgan fingerprint density at radius 2 is 1.81 bits per heavy atom. The molecule has 1 unspecified atom stereocenters. The second-order valence-electron chi connectivity index (χ2n) is 5.96. The molecule has 0 aliphatic heterocycles. The zero-order chi connectivity index (χ0) is 15.6. The van der Waals surface area contributed by atoms with Gasteiger partial charge in [0.2, 0.25) is 0 Å². The number of hydrogen-bond donors (Lipinski definition) is 1. The number of carboxylic acids is 1. The van der Waals surface area contributed by atoms with Gasteiger partial charge in [-0.25, -0.2) is 0 Å². The number of aliphatic carboxylic acids is 1. The molecule has 0 saturated carbocycles. The molecular weight excluding hydrogens is 264 g/mol. The molecule has 2 aromatic carbocycles. The average molecular weight is 286 g/mol. The highest BCUT2D eigenvalue weighted by molar-refractivity contribution is 5.85. The Labute approximate surface area is 125 Å². The molecule has 0 spiro atoms. The van der Waals surface area contributed by atoms with Crippen LogP contribution in [-0.2, 0) is 4.79 Å². The third-order valence-corrected chi connectivity index (χ3v) is 4.30. The topological polar surface area (TPSA) is 46.5 Å². The maximum atomic E-state index is 11.5. The zero-order valence-electron chi connectivity index (χ0n) is 13.0. The van der Waals surface area contributed by atoms with E-state index in [0.29, 0.717) is 0 Å². The van der Waals surface area contributed by atoms with Gasteiger partial charge in [0, 0.05) is 0 Å². The highest BCUT2D eigenvalue weighted by atomic mass is 16.5. The van der Waals surface area contributed by atoms with E-state index in [1.165, 1.54) is 0 Å². The van der Waals surface area contributed by atoms with Crippen LogP contribution >= 0.6 is 0 Å². The summed E-state index contributed by atoms with van der Waals surface area (Å²) in [6.07, 6.45) is 0.793. The molecule has 0 fully saturated rings. The van der Waals surface area contributed by atoms with Gasteiger partial charge in [0.05, 0.1) is 12.5 Å². The van der Waals surface area contributed by atoms with Crippen LogP contribution in [0.3, 0.4) is 0 Å². The quantitative estimate of drug-likeness (QED) is 0.883. The summed E-state index contributed by atoms with van der Waals surface area (Å²) in [5.74, 6) is 0.0545. The number of methoxy groups -OCH3 is 1. The van der Waals surface area contributed by atoms with Gasteiger partial charge in [-0.15, -0.1) is 0 Å². The number of carboxylic acid groups (broad SMARTS) is 1. The van der Waals surface area contributed by atoms with Crippen molar-refractivity contribution in [3.05, 3.63) is 42.0 Å². The lowest BCUT2D eigenvalue weighted by Crippen LogP contribution is -2.31. The molecule has 21 heavy (non-hydrogen) atoms. The minimum absolute atomic E-state index is 0.0125. The van der Waals surface area contributed by atoms with Crippen LogP contribution in [0.15, 0.2) is 36.4 Å². The van der Waals surface area contributed by atoms with Gasteiger partial charge >= 0.3 is 5.97 Å². The number of carbonyl (C=O) groups is 1. The van der Waals surface area contributed by atoms with Gasteiger partial charge in [-0.05, 0) is 54.7 Å². The Morgan fingerprint density at radius 3 is 2.38 bits per heavy atom. The van der Waals surface area contributed by atoms with Gasteiger partial charge in [0.15, 0.2) is 0 Å². The monoisotopic (exact) mass is 286 g/mol. The first-order chi connectivity index (χ1) is 9.90. The van der Waals surface area contributed by atoms with E-state index in [-0.39, 0.29) is 5.92 Å². The molecule has 3 nitrogen and oxygen atoms in total. The van der Waals surface area contributed by atoms with E-state index < -0.39 is 11.4 Å². The molecule has 1 atom stereocenters. The van der Waals surface area contributed by atoms with E-state index in [0.717, 1.165) is 28.5 Å². The van der Waals surface area contributed by atoms with E-state index in [1.807, 2.05) is 37.3 Å². The SMILES string of the molecule is CCC(c1ccc2cc(OC)ccc2c1)C(C)(C)C(=O)O. The van der Waals surface area contributed by atoms with Gasteiger partial charge in [-0.3, -0.25) is 4.79 Å². The van der Waals surface area contributed by atoms with Crippen molar-refractivity contribution >= 4 is 16.7 Å². The van der Waals surface area contributed by atoms with Crippen LogP contribution in [0.4, 0.5) is 0 Å². The van der Waals surface area contributed by atoms with Crippen molar-refractivity contribution in [1.82, 2.24) is 0 Å². The maximum absolute atomic E-state index is 11.5. The fourth-order valence-electron chi connectivity index (χ4n) is 2.90. The molecule has 0 heterocycles. The molecule has 0 aliphatic rings. The average Bonchev–Trinajstić information content (AvgIpc) is 2.47. The third-order valence-electron chi connectivity index (χ3n) is 4.30. The standard InChI is InChI=1S/C18H22O3/c1-5-16(18(2,3)17(19)20)14-7-6-13-11-15(21-4)9-8-12(13)10-14/h6-11,16H,5H2,1-4H3,(H,19,20). The molecule has 0 aromatic heterocycles. The largest absolute Gasteiger partial charge is 0.497 e. The number of rotatable bonds is 5. The van der Waals surface area contributed by atoms with Gasteiger partial charge in [0.25, 0.3) is 0 Å². The Bertz CT molecular complexity index is 659. The Balaban J connectivity index is 2.48. The lowest BCUT2D eigenvalue weighted by molar-refractivity contribution is -0.148. The summed E-state index contributed by atoms with van der Waals surface area (Å²) in [7, 11) is 1.65. The molecule has 0 aliphatic carbocycles. The molecule has 2 aromatic rings. The number of hydrogen-bond acceptors (Lipinski definition) is 2. The molecule has 2 rings (SSSR count). The summed E-state index contributed by atoms with van der Waals surface area (Å²) in [4.78, 5) is 11.5. The molecule has 0 saturated heterocycles. The summed E-state index contributed by atoms with van der Waals surface area (Å²) in [5, 5.41) is 11.7. The van der Waals surface area contributed by atoms with E-state index in [4.69, 9.17) is 4.74 Å². The highest BCUT2D eigenvalue weighted by Crippen LogP contribution is 2.39. The van der Waals surface area contributed by atoms with Crippen LogP contribution in [0, 0.1) is 5.41 Å². The third kappa shape index (κ3) is 2.87. The smallest absolute Gasteiger partial charge is 0.309 e.